The number of nitrogens with two attached hydrogens (primary N) is 1. The monoisotopic (exact) mass is 344 g/mol. The van der Waals surface area contributed by atoms with E-state index in [1.54, 1.807) is 0 Å². The Morgan fingerprint density at radius 2 is 1.65 bits per heavy atom. The molecule has 4 nitrogen and oxygen atoms in total. The molecule has 0 radical (unpaired) electrons. The molecule has 1 aromatic rings. The summed E-state index contributed by atoms with van der Waals surface area (Å²) in [4.78, 5) is 2.27. The summed E-state index contributed by atoms with van der Waals surface area (Å²) in [5, 5.41) is 0. The van der Waals surface area contributed by atoms with Gasteiger partial charge in [0.2, 0.25) is 0 Å². The standard InChI is InChI=1S/C15H25BrN2O2/c1-4-19-8-6-18(7-9-20-5-2)15-10-12(3)14(17)11-13(15)16/h10-11H,4-9,17H2,1-3H3. The zero-order valence-corrected chi connectivity index (χ0v) is 14.2. The van der Waals surface area contributed by atoms with Crippen LogP contribution in [0.25, 0.3) is 0 Å². The van der Waals surface area contributed by atoms with Crippen LogP contribution >= 0.6 is 15.9 Å². The number of benzene rings is 1. The topological polar surface area (TPSA) is 47.7 Å². The van der Waals surface area contributed by atoms with Crippen LogP contribution in [0.1, 0.15) is 19.4 Å². The summed E-state index contributed by atoms with van der Waals surface area (Å²) in [6, 6.07) is 4.07. The van der Waals surface area contributed by atoms with Gasteiger partial charge in [0.25, 0.3) is 0 Å². The van der Waals surface area contributed by atoms with Crippen molar-refractivity contribution in [1.82, 2.24) is 0 Å². The summed E-state index contributed by atoms with van der Waals surface area (Å²) in [6.45, 7) is 10.6. The number of rotatable bonds is 9. The van der Waals surface area contributed by atoms with Crippen molar-refractivity contribution in [2.75, 3.05) is 50.2 Å². The minimum Gasteiger partial charge on any atom is -0.398 e. The second-order valence-corrected chi connectivity index (χ2v) is 5.40. The van der Waals surface area contributed by atoms with Crippen molar-refractivity contribution in [3.63, 3.8) is 0 Å². The van der Waals surface area contributed by atoms with Crippen LogP contribution in [0.15, 0.2) is 16.6 Å². The van der Waals surface area contributed by atoms with E-state index in [0.717, 1.165) is 47.7 Å². The Morgan fingerprint density at radius 1 is 1.10 bits per heavy atom. The van der Waals surface area contributed by atoms with Crippen LogP contribution in [0.4, 0.5) is 11.4 Å². The van der Waals surface area contributed by atoms with Gasteiger partial charge in [0.1, 0.15) is 0 Å². The molecule has 0 heterocycles. The summed E-state index contributed by atoms with van der Waals surface area (Å²) < 4.78 is 11.9. The molecule has 1 rings (SSSR count). The highest BCUT2D eigenvalue weighted by atomic mass is 79.9. The normalized spacial score (nSPS) is 10.8. The van der Waals surface area contributed by atoms with Gasteiger partial charge in [0, 0.05) is 36.5 Å². The minimum absolute atomic E-state index is 0.707. The van der Waals surface area contributed by atoms with Crippen LogP contribution in [0, 0.1) is 6.92 Å². The fourth-order valence-corrected chi connectivity index (χ4v) is 2.53. The quantitative estimate of drug-likeness (QED) is 0.551. The Labute approximate surface area is 130 Å². The van der Waals surface area contributed by atoms with E-state index in [1.165, 1.54) is 0 Å². The van der Waals surface area contributed by atoms with Crippen LogP contribution in [0.3, 0.4) is 0 Å². The molecule has 0 aromatic heterocycles. The molecule has 0 aliphatic heterocycles. The average molecular weight is 345 g/mol. The lowest BCUT2D eigenvalue weighted by Crippen LogP contribution is -2.31. The minimum atomic E-state index is 0.707. The van der Waals surface area contributed by atoms with Crippen molar-refractivity contribution in [2.24, 2.45) is 0 Å². The fraction of sp³-hybridized carbons (Fsp3) is 0.600. The molecule has 0 spiro atoms. The van der Waals surface area contributed by atoms with E-state index < -0.39 is 0 Å². The lowest BCUT2D eigenvalue weighted by molar-refractivity contribution is 0.141. The van der Waals surface area contributed by atoms with E-state index in [-0.39, 0.29) is 0 Å². The van der Waals surface area contributed by atoms with Crippen molar-refractivity contribution >= 4 is 27.3 Å². The van der Waals surface area contributed by atoms with Gasteiger partial charge in [-0.25, -0.2) is 0 Å². The van der Waals surface area contributed by atoms with Gasteiger partial charge in [-0.2, -0.15) is 0 Å². The first-order chi connectivity index (χ1) is 9.60. The van der Waals surface area contributed by atoms with E-state index >= 15 is 0 Å². The highest BCUT2D eigenvalue weighted by Crippen LogP contribution is 2.30. The summed E-state index contributed by atoms with van der Waals surface area (Å²) in [7, 11) is 0. The van der Waals surface area contributed by atoms with Crippen molar-refractivity contribution in [2.45, 2.75) is 20.8 Å². The van der Waals surface area contributed by atoms with Crippen LogP contribution < -0.4 is 10.6 Å². The van der Waals surface area contributed by atoms with Crippen molar-refractivity contribution in [3.8, 4) is 0 Å². The molecule has 0 atom stereocenters. The molecule has 1 aromatic carbocycles. The largest absolute Gasteiger partial charge is 0.398 e. The number of anilines is 2. The summed E-state index contributed by atoms with van der Waals surface area (Å²) in [6.07, 6.45) is 0. The van der Waals surface area contributed by atoms with E-state index in [9.17, 15) is 0 Å². The molecule has 0 aliphatic rings. The van der Waals surface area contributed by atoms with Gasteiger partial charge in [-0.1, -0.05) is 0 Å². The third-order valence-corrected chi connectivity index (χ3v) is 3.73. The molecule has 0 fully saturated rings. The molecule has 0 aliphatic carbocycles. The lowest BCUT2D eigenvalue weighted by Gasteiger charge is -2.26. The van der Waals surface area contributed by atoms with E-state index in [2.05, 4.69) is 26.9 Å². The third-order valence-electron chi connectivity index (χ3n) is 3.10. The van der Waals surface area contributed by atoms with Gasteiger partial charge in [0.05, 0.1) is 18.9 Å². The molecule has 5 heteroatoms. The summed E-state index contributed by atoms with van der Waals surface area (Å²) in [5.41, 5.74) is 8.96. The predicted molar refractivity (Wildman–Crippen MR) is 88.5 cm³/mol. The number of nitrogens with zero attached hydrogens (tertiary/aromatic N) is 1. The van der Waals surface area contributed by atoms with Gasteiger partial charge < -0.3 is 20.1 Å². The summed E-state index contributed by atoms with van der Waals surface area (Å²) in [5.74, 6) is 0. The Morgan fingerprint density at radius 3 is 2.15 bits per heavy atom. The number of halogens is 1. The molecular weight excluding hydrogens is 320 g/mol. The van der Waals surface area contributed by atoms with Crippen LogP contribution in [0.5, 0.6) is 0 Å². The van der Waals surface area contributed by atoms with Gasteiger partial charge in [-0.05, 0) is 54.4 Å². The molecule has 0 amide bonds. The molecule has 0 saturated heterocycles. The molecule has 0 unspecified atom stereocenters. The predicted octanol–water partition coefficient (Wildman–Crippen LogP) is 3.22. The maximum absolute atomic E-state index is 5.94. The van der Waals surface area contributed by atoms with Crippen LogP contribution in [0.2, 0.25) is 0 Å². The Bertz CT molecular complexity index is 403. The molecular formula is C15H25BrN2O2. The van der Waals surface area contributed by atoms with Crippen LogP contribution in [-0.2, 0) is 9.47 Å². The van der Waals surface area contributed by atoms with Gasteiger partial charge in [-0.15, -0.1) is 0 Å². The molecule has 20 heavy (non-hydrogen) atoms. The van der Waals surface area contributed by atoms with Gasteiger partial charge in [-0.3, -0.25) is 0 Å². The highest BCUT2D eigenvalue weighted by Gasteiger charge is 2.12. The summed E-state index contributed by atoms with van der Waals surface area (Å²) >= 11 is 3.60. The van der Waals surface area contributed by atoms with Crippen molar-refractivity contribution in [3.05, 3.63) is 22.2 Å². The smallest absolute Gasteiger partial charge is 0.0641 e. The van der Waals surface area contributed by atoms with Crippen molar-refractivity contribution < 1.29 is 9.47 Å². The number of ether oxygens (including phenoxy) is 2. The highest BCUT2D eigenvalue weighted by molar-refractivity contribution is 9.10. The number of aryl methyl sites for hydroxylation is 1. The molecule has 0 bridgehead atoms. The van der Waals surface area contributed by atoms with E-state index in [1.807, 2.05) is 26.8 Å². The number of hydrogen-bond acceptors (Lipinski definition) is 4. The van der Waals surface area contributed by atoms with E-state index in [0.29, 0.717) is 13.2 Å². The number of nitrogen functional groups attached to an aromatic ring is 1. The zero-order chi connectivity index (χ0) is 15.0. The fourth-order valence-electron chi connectivity index (χ4n) is 1.91. The maximum Gasteiger partial charge on any atom is 0.0641 e. The van der Waals surface area contributed by atoms with Crippen LogP contribution in [-0.4, -0.2) is 39.5 Å². The first-order valence-corrected chi connectivity index (χ1v) is 7.85. The molecule has 2 N–H and O–H groups in total. The first kappa shape index (κ1) is 17.3. The van der Waals surface area contributed by atoms with Crippen molar-refractivity contribution in [1.29, 1.82) is 0 Å². The Kier molecular flexibility index (Phi) is 7.95. The van der Waals surface area contributed by atoms with Gasteiger partial charge in [0.15, 0.2) is 0 Å². The van der Waals surface area contributed by atoms with Gasteiger partial charge >= 0.3 is 0 Å². The van der Waals surface area contributed by atoms with E-state index in [4.69, 9.17) is 15.2 Å². The second kappa shape index (κ2) is 9.21. The Balaban J connectivity index is 2.81. The zero-order valence-electron chi connectivity index (χ0n) is 12.6. The molecule has 0 saturated carbocycles. The lowest BCUT2D eigenvalue weighted by atomic mass is 10.1. The Hall–Kier alpha value is -0.780. The number of hydrogen-bond donors (Lipinski definition) is 1. The maximum atomic E-state index is 5.94. The SMILES string of the molecule is CCOCCN(CCOCC)c1cc(C)c(N)cc1Br. The first-order valence-electron chi connectivity index (χ1n) is 7.06. The average Bonchev–Trinajstić information content (AvgIpc) is 2.42. The molecule has 114 valence electrons. The second-order valence-electron chi connectivity index (χ2n) is 4.54. The third kappa shape index (κ3) is 5.31.